The van der Waals surface area contributed by atoms with Gasteiger partial charge in [-0.3, -0.25) is 4.79 Å². The van der Waals surface area contributed by atoms with Crippen LogP contribution < -0.4 is 5.32 Å². The summed E-state index contributed by atoms with van der Waals surface area (Å²) in [4.78, 5) is 21.6. The summed E-state index contributed by atoms with van der Waals surface area (Å²) >= 11 is 0. The second-order valence-corrected chi connectivity index (χ2v) is 4.17. The highest BCUT2D eigenvalue weighted by molar-refractivity contribution is 5.89. The normalized spacial score (nSPS) is 12.9. The van der Waals surface area contributed by atoms with E-state index in [1.807, 2.05) is 6.92 Å². The molecule has 0 bridgehead atoms. The molecule has 110 valence electrons. The molecule has 0 aromatic heterocycles. The van der Waals surface area contributed by atoms with Crippen molar-refractivity contribution in [2.45, 2.75) is 52.1 Å². The van der Waals surface area contributed by atoms with Crippen LogP contribution in [0.4, 0.5) is 13.2 Å². The van der Waals surface area contributed by atoms with E-state index in [1.165, 1.54) is 6.92 Å². The fourth-order valence-electron chi connectivity index (χ4n) is 1.41. The predicted molar refractivity (Wildman–Crippen MR) is 63.3 cm³/mol. The maximum Gasteiger partial charge on any atom is 0.471 e. The Morgan fingerprint density at radius 2 is 1.74 bits per heavy atom. The summed E-state index contributed by atoms with van der Waals surface area (Å²) in [6, 6.07) is 0. The average Bonchev–Trinajstić information content (AvgIpc) is 2.30. The van der Waals surface area contributed by atoms with E-state index in [9.17, 15) is 22.8 Å². The highest BCUT2D eigenvalue weighted by atomic mass is 19.4. The van der Waals surface area contributed by atoms with E-state index in [-0.39, 0.29) is 17.7 Å². The highest BCUT2D eigenvalue weighted by Gasteiger charge is 2.39. The first-order valence-corrected chi connectivity index (χ1v) is 6.01. The molecule has 2 N–H and O–H groups in total. The fourth-order valence-corrected chi connectivity index (χ4v) is 1.41. The Kier molecular flexibility index (Phi) is 7.18. The topological polar surface area (TPSA) is 66.4 Å². The molecule has 0 aliphatic heterocycles. The molecule has 0 saturated heterocycles. The lowest BCUT2D eigenvalue weighted by molar-refractivity contribution is -0.172. The summed E-state index contributed by atoms with van der Waals surface area (Å²) in [6.07, 6.45) is -1.74. The predicted octanol–water partition coefficient (Wildman–Crippen LogP) is 2.99. The average molecular weight is 281 g/mol. The smallest absolute Gasteiger partial charge is 0.471 e. The van der Waals surface area contributed by atoms with Crippen molar-refractivity contribution in [3.05, 3.63) is 11.3 Å². The van der Waals surface area contributed by atoms with Gasteiger partial charge >= 0.3 is 18.1 Å². The van der Waals surface area contributed by atoms with Crippen LogP contribution in [0.1, 0.15) is 46.0 Å². The monoisotopic (exact) mass is 281 g/mol. The molecule has 0 aliphatic carbocycles. The number of amides is 1. The molecule has 7 heteroatoms. The van der Waals surface area contributed by atoms with E-state index < -0.39 is 18.1 Å². The molecule has 19 heavy (non-hydrogen) atoms. The van der Waals surface area contributed by atoms with Crippen molar-refractivity contribution in [2.24, 2.45) is 0 Å². The number of carbonyl (C=O) groups excluding carboxylic acids is 1. The van der Waals surface area contributed by atoms with Crippen LogP contribution in [0, 0.1) is 0 Å². The molecule has 0 rings (SSSR count). The van der Waals surface area contributed by atoms with Gasteiger partial charge in [0.05, 0.1) is 5.57 Å². The number of nitrogens with one attached hydrogen (secondary N) is 1. The van der Waals surface area contributed by atoms with Crippen LogP contribution in [0.25, 0.3) is 0 Å². The lowest BCUT2D eigenvalue weighted by Gasteiger charge is -2.13. The first-order valence-electron chi connectivity index (χ1n) is 6.01. The standard InChI is InChI=1S/C12H18F3NO3/c1-3-4-5-6-7-9(8(2)10(17)18)16-11(19)12(13,14)15/h3-7H2,1-2H3,(H,16,19)(H,17,18)/b9-8+. The van der Waals surface area contributed by atoms with E-state index >= 15 is 0 Å². The summed E-state index contributed by atoms with van der Waals surface area (Å²) < 4.78 is 36.4. The van der Waals surface area contributed by atoms with Crippen LogP contribution in [-0.2, 0) is 9.59 Å². The van der Waals surface area contributed by atoms with Gasteiger partial charge in [0.1, 0.15) is 0 Å². The van der Waals surface area contributed by atoms with Crippen molar-refractivity contribution in [1.29, 1.82) is 0 Å². The first kappa shape index (κ1) is 17.5. The minimum Gasteiger partial charge on any atom is -0.478 e. The van der Waals surface area contributed by atoms with E-state index in [0.717, 1.165) is 19.3 Å². The van der Waals surface area contributed by atoms with E-state index in [1.54, 1.807) is 5.32 Å². The third-order valence-corrected chi connectivity index (χ3v) is 2.58. The van der Waals surface area contributed by atoms with Gasteiger partial charge < -0.3 is 10.4 Å². The van der Waals surface area contributed by atoms with Crippen molar-refractivity contribution in [1.82, 2.24) is 5.32 Å². The number of hydrogen-bond donors (Lipinski definition) is 2. The number of carbonyl (C=O) groups is 2. The van der Waals surface area contributed by atoms with Crippen LogP contribution in [0.2, 0.25) is 0 Å². The number of alkyl halides is 3. The van der Waals surface area contributed by atoms with Gasteiger partial charge in [0.15, 0.2) is 0 Å². The number of halogens is 3. The van der Waals surface area contributed by atoms with Crippen LogP contribution in [0.15, 0.2) is 11.3 Å². The second-order valence-electron chi connectivity index (χ2n) is 4.17. The number of allylic oxidation sites excluding steroid dienone is 1. The molecule has 0 heterocycles. The summed E-state index contributed by atoms with van der Waals surface area (Å²) in [7, 11) is 0. The van der Waals surface area contributed by atoms with Gasteiger partial charge in [0.25, 0.3) is 0 Å². The molecule has 0 aromatic carbocycles. The third kappa shape index (κ3) is 6.83. The molecular weight excluding hydrogens is 263 g/mol. The summed E-state index contributed by atoms with van der Waals surface area (Å²) in [5.74, 6) is -3.48. The molecule has 0 aliphatic rings. The van der Waals surface area contributed by atoms with Crippen molar-refractivity contribution in [3.8, 4) is 0 Å². The molecule has 0 fully saturated rings. The molecular formula is C12H18F3NO3. The van der Waals surface area contributed by atoms with Gasteiger partial charge in [-0.1, -0.05) is 26.2 Å². The van der Waals surface area contributed by atoms with E-state index in [0.29, 0.717) is 6.42 Å². The van der Waals surface area contributed by atoms with Crippen molar-refractivity contribution < 1.29 is 27.9 Å². The highest BCUT2D eigenvalue weighted by Crippen LogP contribution is 2.18. The van der Waals surface area contributed by atoms with Crippen molar-refractivity contribution in [3.63, 3.8) is 0 Å². The van der Waals surface area contributed by atoms with Gasteiger partial charge in [-0.05, 0) is 19.8 Å². The molecule has 4 nitrogen and oxygen atoms in total. The number of aliphatic carboxylic acids is 1. The summed E-state index contributed by atoms with van der Waals surface area (Å²) in [5, 5.41) is 10.4. The Balaban J connectivity index is 4.76. The minimum atomic E-state index is -5.02. The van der Waals surface area contributed by atoms with Crippen LogP contribution in [0.3, 0.4) is 0 Å². The Labute approximate surface area is 109 Å². The van der Waals surface area contributed by atoms with Crippen LogP contribution in [-0.4, -0.2) is 23.2 Å². The molecule has 0 atom stereocenters. The van der Waals surface area contributed by atoms with Crippen molar-refractivity contribution >= 4 is 11.9 Å². The van der Waals surface area contributed by atoms with E-state index in [4.69, 9.17) is 5.11 Å². The maximum atomic E-state index is 12.1. The maximum absolute atomic E-state index is 12.1. The van der Waals surface area contributed by atoms with Gasteiger partial charge in [0.2, 0.25) is 0 Å². The molecule has 0 radical (unpaired) electrons. The molecule has 0 aromatic rings. The number of rotatable bonds is 7. The Morgan fingerprint density at radius 3 is 2.16 bits per heavy atom. The molecule has 1 amide bonds. The minimum absolute atomic E-state index is 0.111. The Hall–Kier alpha value is -1.53. The zero-order valence-electron chi connectivity index (χ0n) is 10.9. The molecule has 0 unspecified atom stereocenters. The van der Waals surface area contributed by atoms with Crippen molar-refractivity contribution in [2.75, 3.05) is 0 Å². The molecule has 0 saturated carbocycles. The third-order valence-electron chi connectivity index (χ3n) is 2.58. The molecule has 0 spiro atoms. The SMILES string of the molecule is CCCCCC/C(NC(=O)C(F)(F)F)=C(/C)C(=O)O. The zero-order chi connectivity index (χ0) is 15.1. The van der Waals surface area contributed by atoms with Gasteiger partial charge in [-0.15, -0.1) is 0 Å². The summed E-state index contributed by atoms with van der Waals surface area (Å²) in [6.45, 7) is 3.15. The Bertz CT molecular complexity index is 362. The number of hydrogen-bond acceptors (Lipinski definition) is 2. The number of carboxylic acids is 1. The fraction of sp³-hybridized carbons (Fsp3) is 0.667. The second kappa shape index (κ2) is 7.81. The lowest BCUT2D eigenvalue weighted by atomic mass is 10.1. The number of carboxylic acid groups (broad SMARTS) is 1. The van der Waals surface area contributed by atoms with Crippen LogP contribution in [0.5, 0.6) is 0 Å². The quantitative estimate of drug-likeness (QED) is 0.557. The van der Waals surface area contributed by atoms with Gasteiger partial charge in [-0.25, -0.2) is 4.79 Å². The van der Waals surface area contributed by atoms with Crippen LogP contribution >= 0.6 is 0 Å². The van der Waals surface area contributed by atoms with E-state index in [2.05, 4.69) is 0 Å². The zero-order valence-corrected chi connectivity index (χ0v) is 10.9. The largest absolute Gasteiger partial charge is 0.478 e. The Morgan fingerprint density at radius 1 is 1.16 bits per heavy atom. The van der Waals surface area contributed by atoms with Gasteiger partial charge in [0, 0.05) is 5.70 Å². The lowest BCUT2D eigenvalue weighted by Crippen LogP contribution is -2.37. The van der Waals surface area contributed by atoms with Gasteiger partial charge in [-0.2, -0.15) is 13.2 Å². The first-order chi connectivity index (χ1) is 8.70. The number of unbranched alkanes of at least 4 members (excludes halogenated alkanes) is 3. The summed E-state index contributed by atoms with van der Waals surface area (Å²) in [5.41, 5.74) is -0.444.